The Bertz CT molecular complexity index is 788. The molecule has 0 radical (unpaired) electrons. The summed E-state index contributed by atoms with van der Waals surface area (Å²) in [5.74, 6) is 1.35. The van der Waals surface area contributed by atoms with Crippen LogP contribution in [0.15, 0.2) is 35.1 Å². The third kappa shape index (κ3) is 5.91. The van der Waals surface area contributed by atoms with Crippen molar-refractivity contribution < 1.29 is 9.53 Å². The van der Waals surface area contributed by atoms with Gasteiger partial charge in [-0.3, -0.25) is 4.79 Å². The normalized spacial score (nSPS) is 10.4. The van der Waals surface area contributed by atoms with Crippen molar-refractivity contribution in [3.63, 3.8) is 0 Å². The van der Waals surface area contributed by atoms with E-state index in [0.717, 1.165) is 17.7 Å². The third-order valence-electron chi connectivity index (χ3n) is 3.85. The predicted octanol–water partition coefficient (Wildman–Crippen LogP) is 2.25. The lowest BCUT2D eigenvalue weighted by Gasteiger charge is -2.23. The molecule has 0 bridgehead atoms. The summed E-state index contributed by atoms with van der Waals surface area (Å²) in [5.41, 5.74) is 1.50. The van der Waals surface area contributed by atoms with Crippen molar-refractivity contribution in [2.75, 3.05) is 20.2 Å². The maximum absolute atomic E-state index is 12.5. The third-order valence-corrected chi connectivity index (χ3v) is 3.85. The van der Waals surface area contributed by atoms with E-state index >= 15 is 0 Å². The highest BCUT2D eigenvalue weighted by atomic mass is 16.5. The number of H-pyrrole nitrogens is 1. The zero-order chi connectivity index (χ0) is 18.9. The molecule has 2 amide bonds. The molecule has 1 heterocycles. The Morgan fingerprint density at radius 1 is 1.35 bits per heavy atom. The standard InChI is InChI=1S/C19H26N4O3/c1-4-10-23(13-15-6-5-7-16(12-15)26-3)19(25)20-9-8-17-21-14(2)11-18(24)22-17/h5-7,11-12H,4,8-10,13H2,1-3H3,(H,20,25)(H,21,22,24). The highest BCUT2D eigenvalue weighted by Crippen LogP contribution is 2.14. The van der Waals surface area contributed by atoms with Crippen LogP contribution in [-0.4, -0.2) is 41.1 Å². The molecular formula is C19H26N4O3. The molecular weight excluding hydrogens is 332 g/mol. The molecule has 1 aromatic heterocycles. The van der Waals surface area contributed by atoms with Gasteiger partial charge in [0, 0.05) is 37.8 Å². The first-order valence-electron chi connectivity index (χ1n) is 8.74. The van der Waals surface area contributed by atoms with Crippen LogP contribution in [0.3, 0.4) is 0 Å². The summed E-state index contributed by atoms with van der Waals surface area (Å²) < 4.78 is 5.24. The van der Waals surface area contributed by atoms with Gasteiger partial charge in [0.25, 0.3) is 5.56 Å². The Hall–Kier alpha value is -2.83. The molecule has 7 heteroatoms. The Balaban J connectivity index is 1.93. The van der Waals surface area contributed by atoms with Gasteiger partial charge in [0.1, 0.15) is 11.6 Å². The lowest BCUT2D eigenvalue weighted by Crippen LogP contribution is -2.41. The molecule has 0 aliphatic rings. The second kappa shape index (κ2) is 9.60. The number of aromatic amines is 1. The first kappa shape index (κ1) is 19.5. The molecule has 1 aromatic carbocycles. The topological polar surface area (TPSA) is 87.3 Å². The number of carbonyl (C=O) groups excluding carboxylic acids is 1. The molecule has 0 unspecified atom stereocenters. The number of hydrogen-bond donors (Lipinski definition) is 2. The van der Waals surface area contributed by atoms with Gasteiger partial charge in [-0.1, -0.05) is 19.1 Å². The molecule has 0 atom stereocenters. The van der Waals surface area contributed by atoms with Crippen molar-refractivity contribution in [2.45, 2.75) is 33.2 Å². The van der Waals surface area contributed by atoms with Gasteiger partial charge in [0.15, 0.2) is 0 Å². The number of amides is 2. The maximum atomic E-state index is 12.5. The van der Waals surface area contributed by atoms with E-state index in [0.29, 0.717) is 37.6 Å². The van der Waals surface area contributed by atoms with E-state index in [1.54, 1.807) is 18.9 Å². The van der Waals surface area contributed by atoms with E-state index in [4.69, 9.17) is 4.74 Å². The fourth-order valence-electron chi connectivity index (χ4n) is 2.67. The average molecular weight is 358 g/mol. The summed E-state index contributed by atoms with van der Waals surface area (Å²) in [6, 6.07) is 9.00. The summed E-state index contributed by atoms with van der Waals surface area (Å²) in [6.45, 7) is 5.38. The molecule has 0 aliphatic heterocycles. The Morgan fingerprint density at radius 3 is 2.85 bits per heavy atom. The van der Waals surface area contributed by atoms with Gasteiger partial charge < -0.3 is 19.9 Å². The van der Waals surface area contributed by atoms with Crippen molar-refractivity contribution in [1.29, 1.82) is 0 Å². The lowest BCUT2D eigenvalue weighted by molar-refractivity contribution is 0.195. The Labute approximate surface area is 153 Å². The molecule has 2 rings (SSSR count). The van der Waals surface area contributed by atoms with Crippen molar-refractivity contribution in [2.24, 2.45) is 0 Å². The van der Waals surface area contributed by atoms with Crippen molar-refractivity contribution in [1.82, 2.24) is 20.2 Å². The average Bonchev–Trinajstić information content (AvgIpc) is 2.60. The van der Waals surface area contributed by atoms with Gasteiger partial charge in [-0.2, -0.15) is 0 Å². The van der Waals surface area contributed by atoms with Gasteiger partial charge >= 0.3 is 6.03 Å². The van der Waals surface area contributed by atoms with E-state index < -0.39 is 0 Å². The molecule has 2 aromatic rings. The summed E-state index contributed by atoms with van der Waals surface area (Å²) in [6.07, 6.45) is 1.34. The maximum Gasteiger partial charge on any atom is 0.317 e. The second-order valence-electron chi connectivity index (χ2n) is 6.09. The van der Waals surface area contributed by atoms with Crippen molar-refractivity contribution in [3.8, 4) is 5.75 Å². The van der Waals surface area contributed by atoms with Crippen molar-refractivity contribution in [3.05, 3.63) is 57.8 Å². The number of hydrogen-bond acceptors (Lipinski definition) is 4. The van der Waals surface area contributed by atoms with Crippen LogP contribution in [0.4, 0.5) is 4.79 Å². The fourth-order valence-corrected chi connectivity index (χ4v) is 2.67. The van der Waals surface area contributed by atoms with E-state index in [9.17, 15) is 9.59 Å². The molecule has 0 aliphatic carbocycles. The molecule has 0 spiro atoms. The summed E-state index contributed by atoms with van der Waals surface area (Å²) in [5, 5.41) is 2.90. The number of benzene rings is 1. The van der Waals surface area contributed by atoms with Crippen LogP contribution in [0.5, 0.6) is 5.75 Å². The highest BCUT2D eigenvalue weighted by Gasteiger charge is 2.13. The molecule has 26 heavy (non-hydrogen) atoms. The minimum absolute atomic E-state index is 0.135. The number of nitrogens with one attached hydrogen (secondary N) is 2. The van der Waals surface area contributed by atoms with E-state index in [1.165, 1.54) is 6.07 Å². The van der Waals surface area contributed by atoms with Gasteiger partial charge in [-0.05, 0) is 31.0 Å². The zero-order valence-electron chi connectivity index (χ0n) is 15.5. The van der Waals surface area contributed by atoms with E-state index in [-0.39, 0.29) is 11.6 Å². The van der Waals surface area contributed by atoms with E-state index in [2.05, 4.69) is 15.3 Å². The van der Waals surface area contributed by atoms with Crippen LogP contribution in [0.2, 0.25) is 0 Å². The SMILES string of the molecule is CCCN(Cc1cccc(OC)c1)C(=O)NCCc1nc(C)cc(=O)[nH]1. The first-order valence-corrected chi connectivity index (χ1v) is 8.74. The molecule has 7 nitrogen and oxygen atoms in total. The van der Waals surface area contributed by atoms with Crippen LogP contribution in [0, 0.1) is 6.92 Å². The van der Waals surface area contributed by atoms with E-state index in [1.807, 2.05) is 31.2 Å². The van der Waals surface area contributed by atoms with Gasteiger partial charge in [-0.15, -0.1) is 0 Å². The Morgan fingerprint density at radius 2 is 2.15 bits per heavy atom. The number of rotatable bonds is 8. The number of urea groups is 1. The van der Waals surface area contributed by atoms with Gasteiger partial charge in [0.05, 0.1) is 7.11 Å². The number of methoxy groups -OCH3 is 1. The van der Waals surface area contributed by atoms with Gasteiger partial charge in [-0.25, -0.2) is 9.78 Å². The van der Waals surface area contributed by atoms with Crippen LogP contribution in [0.25, 0.3) is 0 Å². The lowest BCUT2D eigenvalue weighted by atomic mass is 10.2. The minimum Gasteiger partial charge on any atom is -0.497 e. The summed E-state index contributed by atoms with van der Waals surface area (Å²) >= 11 is 0. The van der Waals surface area contributed by atoms with Crippen LogP contribution in [0.1, 0.15) is 30.4 Å². The minimum atomic E-state index is -0.176. The fraction of sp³-hybridized carbons (Fsp3) is 0.421. The largest absolute Gasteiger partial charge is 0.497 e. The number of carbonyl (C=O) groups is 1. The molecule has 2 N–H and O–H groups in total. The number of nitrogens with zero attached hydrogens (tertiary/aromatic N) is 2. The number of ether oxygens (including phenoxy) is 1. The molecule has 0 saturated heterocycles. The van der Waals surface area contributed by atoms with Crippen molar-refractivity contribution >= 4 is 6.03 Å². The molecule has 0 fully saturated rings. The highest BCUT2D eigenvalue weighted by molar-refractivity contribution is 5.74. The summed E-state index contributed by atoms with van der Waals surface area (Å²) in [4.78, 5) is 32.7. The van der Waals surface area contributed by atoms with Gasteiger partial charge in [0.2, 0.25) is 0 Å². The second-order valence-corrected chi connectivity index (χ2v) is 6.09. The Kier molecular flexibility index (Phi) is 7.20. The van der Waals surface area contributed by atoms with Crippen LogP contribution >= 0.6 is 0 Å². The predicted molar refractivity (Wildman–Crippen MR) is 100 cm³/mol. The summed E-state index contributed by atoms with van der Waals surface area (Å²) in [7, 11) is 1.62. The zero-order valence-corrected chi connectivity index (χ0v) is 15.5. The number of aryl methyl sites for hydroxylation is 1. The molecule has 140 valence electrons. The monoisotopic (exact) mass is 358 g/mol. The number of aromatic nitrogens is 2. The smallest absolute Gasteiger partial charge is 0.317 e. The van der Waals surface area contributed by atoms with Crippen LogP contribution < -0.4 is 15.6 Å². The molecule has 0 saturated carbocycles. The first-order chi connectivity index (χ1) is 12.5. The quantitative estimate of drug-likeness (QED) is 0.758. The van der Waals surface area contributed by atoms with Crippen LogP contribution in [-0.2, 0) is 13.0 Å².